The van der Waals surface area contributed by atoms with Crippen LogP contribution in [0, 0.1) is 0 Å². The summed E-state index contributed by atoms with van der Waals surface area (Å²) in [7, 11) is 0. The molecule has 4 N–H and O–H groups in total. The third kappa shape index (κ3) is 3.98. The molecule has 6 nitrogen and oxygen atoms in total. The molecule has 0 spiro atoms. The van der Waals surface area contributed by atoms with Crippen LogP contribution in [0.2, 0.25) is 0 Å². The summed E-state index contributed by atoms with van der Waals surface area (Å²) in [5.74, 6) is 0.599. The highest BCUT2D eigenvalue weighted by Crippen LogP contribution is 2.05. The highest BCUT2D eigenvalue weighted by Gasteiger charge is 2.14. The van der Waals surface area contributed by atoms with Crippen LogP contribution >= 0.6 is 0 Å². The van der Waals surface area contributed by atoms with Gasteiger partial charge in [0.1, 0.15) is 12.2 Å². The third-order valence-electron chi connectivity index (χ3n) is 2.33. The quantitative estimate of drug-likeness (QED) is 0.656. The fourth-order valence-electron chi connectivity index (χ4n) is 1.50. The van der Waals surface area contributed by atoms with Crippen LogP contribution in [-0.2, 0) is 4.79 Å². The number of aromatic amines is 1. The van der Waals surface area contributed by atoms with Crippen LogP contribution in [-0.4, -0.2) is 27.1 Å². The van der Waals surface area contributed by atoms with Gasteiger partial charge in [-0.2, -0.15) is 5.10 Å². The predicted octanol–water partition coefficient (Wildman–Crippen LogP) is 0.499. The molecule has 0 aliphatic heterocycles. The van der Waals surface area contributed by atoms with Crippen molar-refractivity contribution in [2.24, 2.45) is 5.73 Å². The van der Waals surface area contributed by atoms with Crippen LogP contribution in [0.15, 0.2) is 6.33 Å². The number of carbonyl (C=O) groups is 1. The molecule has 0 fully saturated rings. The van der Waals surface area contributed by atoms with Gasteiger partial charge < -0.3 is 11.1 Å². The smallest absolute Gasteiger partial charge is 0.222 e. The molecular weight excluding hydrogens is 206 g/mol. The highest BCUT2D eigenvalue weighted by molar-refractivity contribution is 5.76. The first-order valence-electron chi connectivity index (χ1n) is 5.53. The van der Waals surface area contributed by atoms with Gasteiger partial charge in [0.2, 0.25) is 5.91 Å². The number of carbonyl (C=O) groups excluding carboxylic acids is 1. The molecule has 0 aliphatic carbocycles. The zero-order valence-corrected chi connectivity index (χ0v) is 9.73. The van der Waals surface area contributed by atoms with Gasteiger partial charge in [0.15, 0.2) is 0 Å². The molecule has 6 heteroatoms. The summed E-state index contributed by atoms with van der Waals surface area (Å²) in [4.78, 5) is 15.6. The van der Waals surface area contributed by atoms with Crippen molar-refractivity contribution >= 4 is 5.91 Å². The fraction of sp³-hybridized carbons (Fsp3) is 0.700. The Morgan fingerprint density at radius 2 is 2.44 bits per heavy atom. The number of rotatable bonds is 6. The van der Waals surface area contributed by atoms with Gasteiger partial charge >= 0.3 is 0 Å². The lowest BCUT2D eigenvalue weighted by Gasteiger charge is -2.13. The van der Waals surface area contributed by atoms with Gasteiger partial charge in [0.25, 0.3) is 0 Å². The molecule has 2 atom stereocenters. The second-order valence-corrected chi connectivity index (χ2v) is 3.91. The van der Waals surface area contributed by atoms with Gasteiger partial charge in [-0.25, -0.2) is 4.98 Å². The molecule has 1 rings (SSSR count). The van der Waals surface area contributed by atoms with Crippen LogP contribution in [0.4, 0.5) is 0 Å². The third-order valence-corrected chi connectivity index (χ3v) is 2.33. The lowest BCUT2D eigenvalue weighted by Crippen LogP contribution is -2.33. The number of nitrogens with one attached hydrogen (secondary N) is 2. The maximum Gasteiger partial charge on any atom is 0.222 e. The van der Waals surface area contributed by atoms with E-state index in [4.69, 9.17) is 5.73 Å². The lowest BCUT2D eigenvalue weighted by atomic mass is 10.1. The van der Waals surface area contributed by atoms with E-state index in [-0.39, 0.29) is 18.0 Å². The number of nitrogens with zero attached hydrogens (tertiary/aromatic N) is 2. The van der Waals surface area contributed by atoms with Gasteiger partial charge in [-0.15, -0.1) is 0 Å². The molecule has 0 radical (unpaired) electrons. The van der Waals surface area contributed by atoms with E-state index in [1.807, 2.05) is 6.92 Å². The van der Waals surface area contributed by atoms with Crippen LogP contribution in [0.1, 0.15) is 45.0 Å². The second-order valence-electron chi connectivity index (χ2n) is 3.91. The summed E-state index contributed by atoms with van der Waals surface area (Å²) in [5.41, 5.74) is 5.78. The average Bonchev–Trinajstić information content (AvgIpc) is 2.69. The number of aromatic nitrogens is 3. The summed E-state index contributed by atoms with van der Waals surface area (Å²) in [6.07, 6.45) is 3.63. The molecule has 1 heterocycles. The monoisotopic (exact) mass is 225 g/mol. The van der Waals surface area contributed by atoms with Crippen molar-refractivity contribution in [1.29, 1.82) is 0 Å². The van der Waals surface area contributed by atoms with Crippen molar-refractivity contribution in [2.75, 3.05) is 0 Å². The van der Waals surface area contributed by atoms with E-state index in [2.05, 4.69) is 27.4 Å². The SMILES string of the molecule is CCCC(N)CC(=O)NC(C)c1ncn[nH]1. The van der Waals surface area contributed by atoms with Gasteiger partial charge in [-0.1, -0.05) is 13.3 Å². The number of nitrogens with two attached hydrogens (primary N) is 1. The van der Waals surface area contributed by atoms with Crippen molar-refractivity contribution in [3.63, 3.8) is 0 Å². The van der Waals surface area contributed by atoms with Crippen LogP contribution in [0.25, 0.3) is 0 Å². The largest absolute Gasteiger partial charge is 0.346 e. The molecular formula is C10H19N5O. The Hall–Kier alpha value is -1.43. The Balaban J connectivity index is 2.34. The van der Waals surface area contributed by atoms with Crippen molar-refractivity contribution in [1.82, 2.24) is 20.5 Å². The van der Waals surface area contributed by atoms with Crippen LogP contribution in [0.5, 0.6) is 0 Å². The molecule has 0 saturated heterocycles. The minimum Gasteiger partial charge on any atom is -0.346 e. The maximum absolute atomic E-state index is 11.6. The molecule has 1 aromatic rings. The highest BCUT2D eigenvalue weighted by atomic mass is 16.1. The minimum absolute atomic E-state index is 0.0511. The summed E-state index contributed by atoms with van der Waals surface area (Å²) in [6, 6.07) is -0.226. The molecule has 2 unspecified atom stereocenters. The van der Waals surface area contributed by atoms with Crippen molar-refractivity contribution in [3.05, 3.63) is 12.2 Å². The first kappa shape index (κ1) is 12.6. The van der Waals surface area contributed by atoms with Crippen molar-refractivity contribution in [3.8, 4) is 0 Å². The van der Waals surface area contributed by atoms with Crippen LogP contribution < -0.4 is 11.1 Å². The first-order valence-corrected chi connectivity index (χ1v) is 5.53. The Kier molecular flexibility index (Phi) is 4.91. The summed E-state index contributed by atoms with van der Waals surface area (Å²) in [5, 5.41) is 9.26. The number of hydrogen-bond donors (Lipinski definition) is 3. The Morgan fingerprint density at radius 3 is 3.00 bits per heavy atom. The summed E-state index contributed by atoms with van der Waals surface area (Å²) < 4.78 is 0. The molecule has 16 heavy (non-hydrogen) atoms. The van der Waals surface area contributed by atoms with E-state index >= 15 is 0 Å². The van der Waals surface area contributed by atoms with Gasteiger partial charge in [-0.3, -0.25) is 9.89 Å². The van der Waals surface area contributed by atoms with Crippen LogP contribution in [0.3, 0.4) is 0 Å². The Morgan fingerprint density at radius 1 is 1.69 bits per heavy atom. The zero-order chi connectivity index (χ0) is 12.0. The molecule has 1 aromatic heterocycles. The van der Waals surface area contributed by atoms with Gasteiger partial charge in [0.05, 0.1) is 6.04 Å². The van der Waals surface area contributed by atoms with E-state index in [0.29, 0.717) is 12.2 Å². The van der Waals surface area contributed by atoms with E-state index in [1.165, 1.54) is 6.33 Å². The Labute approximate surface area is 95.0 Å². The van der Waals surface area contributed by atoms with E-state index < -0.39 is 0 Å². The molecule has 0 saturated carbocycles. The number of hydrogen-bond acceptors (Lipinski definition) is 4. The maximum atomic E-state index is 11.6. The minimum atomic E-state index is -0.163. The van der Waals surface area contributed by atoms with Gasteiger partial charge in [0, 0.05) is 12.5 Å². The van der Waals surface area contributed by atoms with E-state index in [1.54, 1.807) is 0 Å². The average molecular weight is 225 g/mol. The standard InChI is InChI=1S/C10H19N5O/c1-3-4-8(11)5-9(16)14-7(2)10-12-6-13-15-10/h6-8H,3-5,11H2,1-2H3,(H,14,16)(H,12,13,15). The molecule has 90 valence electrons. The fourth-order valence-corrected chi connectivity index (χ4v) is 1.50. The summed E-state index contributed by atoms with van der Waals surface area (Å²) in [6.45, 7) is 3.90. The predicted molar refractivity (Wildman–Crippen MR) is 60.4 cm³/mol. The second kappa shape index (κ2) is 6.22. The number of H-pyrrole nitrogens is 1. The summed E-state index contributed by atoms with van der Waals surface area (Å²) >= 11 is 0. The number of amides is 1. The lowest BCUT2D eigenvalue weighted by molar-refractivity contribution is -0.122. The molecule has 0 bridgehead atoms. The normalized spacial score (nSPS) is 14.4. The Bertz CT molecular complexity index is 311. The van der Waals surface area contributed by atoms with Gasteiger partial charge in [-0.05, 0) is 13.3 Å². The van der Waals surface area contributed by atoms with E-state index in [0.717, 1.165) is 12.8 Å². The molecule has 0 aromatic carbocycles. The first-order chi connectivity index (χ1) is 7.63. The molecule has 0 aliphatic rings. The van der Waals surface area contributed by atoms with Crippen molar-refractivity contribution < 1.29 is 4.79 Å². The van der Waals surface area contributed by atoms with Crippen molar-refractivity contribution in [2.45, 2.75) is 45.2 Å². The zero-order valence-electron chi connectivity index (χ0n) is 9.73. The topological polar surface area (TPSA) is 96.7 Å². The molecule has 1 amide bonds. The van der Waals surface area contributed by atoms with E-state index in [9.17, 15) is 4.79 Å².